The molecule has 5 aliphatic carbocycles. The molecule has 58 heavy (non-hydrogen) atoms. The maximum absolute atomic E-state index is 12.2. The van der Waals surface area contributed by atoms with Crippen LogP contribution in [0.5, 0.6) is 0 Å². The van der Waals surface area contributed by atoms with Crippen LogP contribution in [0.4, 0.5) is 0 Å². The number of aliphatic hydroxyl groups excluding tert-OH is 7. The summed E-state index contributed by atoms with van der Waals surface area (Å²) in [6, 6.07) is 0. The normalized spacial score (nSPS) is 57.1. The third kappa shape index (κ3) is 5.89. The van der Waals surface area contributed by atoms with Crippen molar-refractivity contribution in [3.05, 3.63) is 12.2 Å². The van der Waals surface area contributed by atoms with Crippen molar-refractivity contribution in [1.82, 2.24) is 0 Å². The summed E-state index contributed by atoms with van der Waals surface area (Å²) in [4.78, 5) is 11.6. The minimum Gasteiger partial charge on any atom is -0.457 e. The lowest BCUT2D eigenvalue weighted by Gasteiger charge is -2.73. The second kappa shape index (κ2) is 14.4. The van der Waals surface area contributed by atoms with Gasteiger partial charge in [-0.05, 0) is 86.4 Å². The van der Waals surface area contributed by atoms with E-state index in [9.17, 15) is 40.5 Å². The standard InChI is InChI=1S/C44H70O14/c1-22-30(49)35(58-36-32(51)31(50)34(55-23(2)47)24(19-45)56-36)33(52)37(54-22)57-29-11-12-39(5)25(40(29,6)20-46)9-13-41(7)26(39)10-14-44-27-17-38(3,4)15-16-43(27,21-53-44)28(48)18-42(41,44)8/h10,14,22,24-37,45-46,48-52H,9,11-13,15-21H2,1-8H3. The minimum absolute atomic E-state index is 0.0264. The number of ether oxygens (including phenoxy) is 6. The monoisotopic (exact) mass is 822 g/mol. The lowest BCUT2D eigenvalue weighted by molar-refractivity contribution is -0.367. The van der Waals surface area contributed by atoms with Gasteiger partial charge in [-0.1, -0.05) is 53.7 Å². The molecule has 14 heteroatoms. The van der Waals surface area contributed by atoms with Crippen LogP contribution in [0.25, 0.3) is 0 Å². The third-order valence-electron chi connectivity index (χ3n) is 18.2. The van der Waals surface area contributed by atoms with E-state index in [1.165, 1.54) is 0 Å². The van der Waals surface area contributed by atoms with Gasteiger partial charge >= 0.3 is 5.97 Å². The van der Waals surface area contributed by atoms with E-state index in [-0.39, 0.29) is 51.4 Å². The minimum atomic E-state index is -1.75. The van der Waals surface area contributed by atoms with Crippen LogP contribution in [0.3, 0.4) is 0 Å². The van der Waals surface area contributed by atoms with Crippen LogP contribution in [0.2, 0.25) is 0 Å². The van der Waals surface area contributed by atoms with Crippen LogP contribution < -0.4 is 0 Å². The van der Waals surface area contributed by atoms with Gasteiger partial charge in [-0.15, -0.1) is 0 Å². The van der Waals surface area contributed by atoms with Crippen LogP contribution in [-0.4, -0.2) is 141 Å². The van der Waals surface area contributed by atoms with Crippen LogP contribution in [-0.2, 0) is 33.2 Å². The van der Waals surface area contributed by atoms with Gasteiger partial charge in [-0.3, -0.25) is 4.79 Å². The zero-order valence-corrected chi connectivity index (χ0v) is 35.6. The molecule has 3 aliphatic heterocycles. The van der Waals surface area contributed by atoms with Gasteiger partial charge in [0.1, 0.15) is 36.6 Å². The summed E-state index contributed by atoms with van der Waals surface area (Å²) in [6.07, 6.45) is -3.51. The van der Waals surface area contributed by atoms with Crippen LogP contribution in [0, 0.1) is 50.2 Å². The second-order valence-electron chi connectivity index (χ2n) is 21.5. The molecule has 330 valence electrons. The molecule has 0 aromatic rings. The van der Waals surface area contributed by atoms with Gasteiger partial charge in [-0.25, -0.2) is 0 Å². The molecule has 0 amide bonds. The Hall–Kier alpha value is -1.27. The molecule has 1 spiro atoms. The first kappa shape index (κ1) is 43.4. The Morgan fingerprint density at radius 1 is 0.793 bits per heavy atom. The molecule has 3 heterocycles. The van der Waals surface area contributed by atoms with Gasteiger partial charge in [0, 0.05) is 29.1 Å². The molecule has 2 bridgehead atoms. The van der Waals surface area contributed by atoms with Crippen molar-refractivity contribution < 1.29 is 69.0 Å². The van der Waals surface area contributed by atoms with Crippen LogP contribution >= 0.6 is 0 Å². The molecule has 21 unspecified atom stereocenters. The number of aliphatic hydroxyl groups is 7. The lowest BCUT2D eigenvalue weighted by atomic mass is 9.32. The Bertz CT molecular complexity index is 1610. The van der Waals surface area contributed by atoms with Crippen molar-refractivity contribution in [2.75, 3.05) is 19.8 Å². The highest BCUT2D eigenvalue weighted by atomic mass is 16.7. The number of carbonyl (C=O) groups excluding carboxylic acids is 1. The number of carbonyl (C=O) groups is 1. The highest BCUT2D eigenvalue weighted by Gasteiger charge is 2.79. The van der Waals surface area contributed by atoms with E-state index in [1.54, 1.807) is 6.92 Å². The highest BCUT2D eigenvalue weighted by molar-refractivity contribution is 5.66. The summed E-state index contributed by atoms with van der Waals surface area (Å²) in [7, 11) is 0. The number of fused-ring (bicyclic) bond motifs is 4. The third-order valence-corrected chi connectivity index (χ3v) is 18.2. The summed E-state index contributed by atoms with van der Waals surface area (Å²) >= 11 is 0. The average molecular weight is 823 g/mol. The van der Waals surface area contributed by atoms with Crippen LogP contribution in [0.1, 0.15) is 107 Å². The Labute approximate surface area is 342 Å². The fourth-order valence-electron chi connectivity index (χ4n) is 14.6. The Morgan fingerprint density at radius 2 is 1.50 bits per heavy atom. The summed E-state index contributed by atoms with van der Waals surface area (Å²) in [5.41, 5.74) is -1.98. The van der Waals surface area contributed by atoms with E-state index in [0.29, 0.717) is 19.4 Å². The zero-order valence-electron chi connectivity index (χ0n) is 35.6. The fourth-order valence-corrected chi connectivity index (χ4v) is 14.6. The molecule has 8 rings (SSSR count). The summed E-state index contributed by atoms with van der Waals surface area (Å²) in [5.74, 6) is -0.331. The molecule has 0 aromatic heterocycles. The first-order chi connectivity index (χ1) is 27.1. The van der Waals surface area contributed by atoms with Crippen molar-refractivity contribution in [3.8, 4) is 0 Å². The van der Waals surface area contributed by atoms with Gasteiger partial charge in [0.2, 0.25) is 0 Å². The van der Waals surface area contributed by atoms with Crippen molar-refractivity contribution in [2.45, 2.75) is 186 Å². The number of hydrogen-bond donors (Lipinski definition) is 7. The van der Waals surface area contributed by atoms with Gasteiger partial charge in [0.05, 0.1) is 43.7 Å². The van der Waals surface area contributed by atoms with E-state index in [4.69, 9.17) is 28.4 Å². The van der Waals surface area contributed by atoms with Gasteiger partial charge in [0.15, 0.2) is 18.7 Å². The highest BCUT2D eigenvalue weighted by Crippen LogP contribution is 2.79. The van der Waals surface area contributed by atoms with E-state index in [1.807, 2.05) is 0 Å². The SMILES string of the molecule is CC(=O)OC1C(CO)OC(OC2C(O)C(C)OC(OC3CCC4(C)C(CCC5(C)C4C=CC46OCC7(CCC(C)(C)CC74)C(O)CC56C)C3(C)CO)C2O)C(O)C1O. The predicted octanol–water partition coefficient (Wildman–Crippen LogP) is 2.35. The molecular weight excluding hydrogens is 752 g/mol. The quantitative estimate of drug-likeness (QED) is 0.112. The first-order valence-electron chi connectivity index (χ1n) is 21.8. The predicted molar refractivity (Wildman–Crippen MR) is 206 cm³/mol. The molecule has 3 saturated heterocycles. The van der Waals surface area contributed by atoms with Crippen molar-refractivity contribution in [1.29, 1.82) is 0 Å². The molecule has 0 aromatic carbocycles. The summed E-state index contributed by atoms with van der Waals surface area (Å²) in [6.45, 7) is 16.5. The number of rotatable bonds is 7. The molecule has 4 saturated carbocycles. The van der Waals surface area contributed by atoms with E-state index in [0.717, 1.165) is 45.4 Å². The van der Waals surface area contributed by atoms with Gasteiger partial charge in [0.25, 0.3) is 0 Å². The van der Waals surface area contributed by atoms with E-state index in [2.05, 4.69) is 53.7 Å². The van der Waals surface area contributed by atoms with Gasteiger partial charge < -0.3 is 64.2 Å². The van der Waals surface area contributed by atoms with Crippen molar-refractivity contribution in [2.24, 2.45) is 50.2 Å². The summed E-state index contributed by atoms with van der Waals surface area (Å²) < 4.78 is 36.6. The average Bonchev–Trinajstić information content (AvgIpc) is 3.44. The van der Waals surface area contributed by atoms with E-state index < -0.39 is 97.2 Å². The largest absolute Gasteiger partial charge is 0.457 e. The maximum atomic E-state index is 12.2. The van der Waals surface area contributed by atoms with Gasteiger partial charge in [-0.2, -0.15) is 0 Å². The maximum Gasteiger partial charge on any atom is 0.303 e. The smallest absolute Gasteiger partial charge is 0.303 e. The topological polar surface area (TPSA) is 214 Å². The van der Waals surface area contributed by atoms with Crippen molar-refractivity contribution >= 4 is 5.97 Å². The Kier molecular flexibility index (Phi) is 10.8. The number of esters is 1. The molecule has 21 atom stereocenters. The number of allylic oxidation sites excluding steroid dienone is 1. The number of hydrogen-bond acceptors (Lipinski definition) is 14. The molecule has 7 fully saturated rings. The second-order valence-corrected chi connectivity index (χ2v) is 21.5. The zero-order chi connectivity index (χ0) is 42.2. The molecule has 8 aliphatic rings. The Balaban J connectivity index is 1.03. The Morgan fingerprint density at radius 3 is 2.17 bits per heavy atom. The molecular formula is C44H70O14. The fraction of sp³-hybridized carbons (Fsp3) is 0.932. The lowest BCUT2D eigenvalue weighted by Crippen LogP contribution is -2.72. The van der Waals surface area contributed by atoms with Crippen molar-refractivity contribution in [3.63, 3.8) is 0 Å². The first-order valence-corrected chi connectivity index (χ1v) is 21.8. The molecule has 7 N–H and O–H groups in total. The summed E-state index contributed by atoms with van der Waals surface area (Å²) in [5, 5.41) is 78.0. The van der Waals surface area contributed by atoms with Crippen LogP contribution in [0.15, 0.2) is 12.2 Å². The van der Waals surface area contributed by atoms with E-state index >= 15 is 0 Å². The molecule has 14 nitrogen and oxygen atoms in total. The molecule has 0 radical (unpaired) electrons.